The number of Topliss-reactive ketones (excluding diaryl/α,β-unsaturated/α-hetero) is 1. The van der Waals surface area contributed by atoms with Gasteiger partial charge in [0.1, 0.15) is 5.82 Å². The molecular weight excluding hydrogens is 435 g/mol. The van der Waals surface area contributed by atoms with Crippen molar-refractivity contribution in [3.8, 4) is 11.4 Å². The van der Waals surface area contributed by atoms with Gasteiger partial charge in [-0.3, -0.25) is 4.79 Å². The van der Waals surface area contributed by atoms with E-state index in [2.05, 4.69) is 27.3 Å². The molecule has 0 fully saturated rings. The smallest absolute Gasteiger partial charge is 0.191 e. The van der Waals surface area contributed by atoms with Crippen molar-refractivity contribution in [1.29, 1.82) is 0 Å². The summed E-state index contributed by atoms with van der Waals surface area (Å²) in [5.41, 5.74) is 3.14. The summed E-state index contributed by atoms with van der Waals surface area (Å²) in [6, 6.07) is 24.4. The number of rotatable bonds is 8. The second-order valence-corrected chi connectivity index (χ2v) is 8.58. The molecule has 0 radical (unpaired) electrons. The number of para-hydroxylation sites is 1. The van der Waals surface area contributed by atoms with Crippen molar-refractivity contribution in [1.82, 2.24) is 19.7 Å². The number of hydrogen-bond donors (Lipinski definition) is 1. The highest BCUT2D eigenvalue weighted by molar-refractivity contribution is 7.99. The predicted octanol–water partition coefficient (Wildman–Crippen LogP) is 5.78. The highest BCUT2D eigenvalue weighted by Crippen LogP contribution is 2.28. The first kappa shape index (κ1) is 21.2. The van der Waals surface area contributed by atoms with E-state index in [1.54, 1.807) is 24.4 Å². The van der Waals surface area contributed by atoms with E-state index in [0.29, 0.717) is 28.7 Å². The van der Waals surface area contributed by atoms with Crippen LogP contribution in [0.4, 0.5) is 4.39 Å². The van der Waals surface area contributed by atoms with E-state index >= 15 is 0 Å². The van der Waals surface area contributed by atoms with Crippen LogP contribution in [0.3, 0.4) is 0 Å². The highest BCUT2D eigenvalue weighted by atomic mass is 32.2. The number of carbonyl (C=O) groups is 1. The molecule has 5 aromatic rings. The van der Waals surface area contributed by atoms with Crippen molar-refractivity contribution in [2.24, 2.45) is 0 Å². The molecular formula is C26H21FN4OS. The molecule has 0 saturated heterocycles. The van der Waals surface area contributed by atoms with Crippen molar-refractivity contribution < 1.29 is 9.18 Å². The number of H-pyrrole nitrogens is 1. The molecule has 0 unspecified atom stereocenters. The number of nitrogens with one attached hydrogen (secondary N) is 1. The number of nitrogens with zero attached hydrogens (tertiary/aromatic N) is 3. The fourth-order valence-corrected chi connectivity index (χ4v) is 4.68. The lowest BCUT2D eigenvalue weighted by atomic mass is 10.1. The minimum absolute atomic E-state index is 0.00232. The van der Waals surface area contributed by atoms with E-state index in [4.69, 9.17) is 0 Å². The Kier molecular flexibility index (Phi) is 6.04. The molecule has 0 bridgehead atoms. The zero-order valence-corrected chi connectivity index (χ0v) is 18.6. The summed E-state index contributed by atoms with van der Waals surface area (Å²) in [7, 11) is 0. The van der Waals surface area contributed by atoms with Crippen LogP contribution in [0.1, 0.15) is 15.9 Å². The third-order valence-electron chi connectivity index (χ3n) is 5.52. The molecule has 2 aromatic heterocycles. The Bertz CT molecular complexity index is 1410. The molecule has 0 aliphatic heterocycles. The van der Waals surface area contributed by atoms with E-state index < -0.39 is 0 Å². The quantitative estimate of drug-likeness (QED) is 0.237. The largest absolute Gasteiger partial charge is 0.360 e. The predicted molar refractivity (Wildman–Crippen MR) is 129 cm³/mol. The maximum atomic E-state index is 14.5. The fraction of sp³-hybridized carbons (Fsp3) is 0.115. The van der Waals surface area contributed by atoms with Crippen molar-refractivity contribution >= 4 is 28.4 Å². The van der Waals surface area contributed by atoms with Gasteiger partial charge in [0.15, 0.2) is 16.8 Å². The fourth-order valence-electron chi connectivity index (χ4n) is 3.83. The number of thioether (sulfide) groups is 1. The van der Waals surface area contributed by atoms with Gasteiger partial charge < -0.3 is 9.55 Å². The molecule has 33 heavy (non-hydrogen) atoms. The van der Waals surface area contributed by atoms with Gasteiger partial charge in [-0.2, -0.15) is 0 Å². The van der Waals surface area contributed by atoms with Gasteiger partial charge >= 0.3 is 0 Å². The maximum Gasteiger partial charge on any atom is 0.191 e. The van der Waals surface area contributed by atoms with Gasteiger partial charge in [-0.15, -0.1) is 10.2 Å². The van der Waals surface area contributed by atoms with Crippen molar-refractivity contribution in [3.63, 3.8) is 0 Å². The third-order valence-corrected chi connectivity index (χ3v) is 6.49. The average Bonchev–Trinajstić information content (AvgIpc) is 3.46. The number of aromatic nitrogens is 4. The molecule has 2 heterocycles. The summed E-state index contributed by atoms with van der Waals surface area (Å²) >= 11 is 1.32. The molecule has 5 nitrogen and oxygen atoms in total. The van der Waals surface area contributed by atoms with E-state index in [1.165, 1.54) is 17.8 Å². The monoisotopic (exact) mass is 456 g/mol. The number of fused-ring (bicyclic) bond motifs is 1. The molecule has 0 aliphatic carbocycles. The summed E-state index contributed by atoms with van der Waals surface area (Å²) < 4.78 is 16.4. The summed E-state index contributed by atoms with van der Waals surface area (Å²) in [4.78, 5) is 16.1. The zero-order valence-electron chi connectivity index (χ0n) is 17.7. The number of aryl methyl sites for hydroxylation is 1. The Balaban J connectivity index is 1.41. The van der Waals surface area contributed by atoms with Crippen molar-refractivity contribution in [3.05, 3.63) is 102 Å². The van der Waals surface area contributed by atoms with Gasteiger partial charge in [0.25, 0.3) is 0 Å². The Morgan fingerprint density at radius 3 is 2.55 bits per heavy atom. The van der Waals surface area contributed by atoms with Crippen LogP contribution in [0.25, 0.3) is 22.3 Å². The Morgan fingerprint density at radius 2 is 1.70 bits per heavy atom. The van der Waals surface area contributed by atoms with Crippen LogP contribution < -0.4 is 0 Å². The lowest BCUT2D eigenvalue weighted by Gasteiger charge is -2.11. The summed E-state index contributed by atoms with van der Waals surface area (Å²) in [5.74, 6) is 0.327. The summed E-state index contributed by atoms with van der Waals surface area (Å²) in [5, 5.41) is 10.1. The summed E-state index contributed by atoms with van der Waals surface area (Å²) in [6.07, 6.45) is 2.49. The molecule has 5 rings (SSSR count). The zero-order chi connectivity index (χ0) is 22.6. The second-order valence-electron chi connectivity index (χ2n) is 7.63. The minimum Gasteiger partial charge on any atom is -0.360 e. The van der Waals surface area contributed by atoms with Crippen LogP contribution in [-0.2, 0) is 13.0 Å². The maximum absolute atomic E-state index is 14.5. The highest BCUT2D eigenvalue weighted by Gasteiger charge is 2.19. The van der Waals surface area contributed by atoms with E-state index in [9.17, 15) is 9.18 Å². The van der Waals surface area contributed by atoms with Crippen molar-refractivity contribution in [2.45, 2.75) is 18.1 Å². The van der Waals surface area contributed by atoms with Gasteiger partial charge in [-0.05, 0) is 30.2 Å². The molecule has 0 aliphatic rings. The van der Waals surface area contributed by atoms with Crippen LogP contribution in [0, 0.1) is 5.82 Å². The topological polar surface area (TPSA) is 63.6 Å². The molecule has 1 N–H and O–H groups in total. The average molecular weight is 457 g/mol. The lowest BCUT2D eigenvalue weighted by molar-refractivity contribution is 0.102. The van der Waals surface area contributed by atoms with Crippen LogP contribution in [0.15, 0.2) is 90.2 Å². The third kappa shape index (κ3) is 4.45. The van der Waals surface area contributed by atoms with E-state index in [-0.39, 0.29) is 17.4 Å². The van der Waals surface area contributed by atoms with E-state index in [1.807, 2.05) is 47.0 Å². The van der Waals surface area contributed by atoms with Gasteiger partial charge in [-0.25, -0.2) is 4.39 Å². The van der Waals surface area contributed by atoms with E-state index in [0.717, 1.165) is 22.9 Å². The standard InChI is InChI=1S/C26H21FN4OS/c27-22-12-6-4-11-20(22)25-29-30-26(31(25)15-14-18-8-2-1-3-9-18)33-17-24(32)21-16-28-23-13-7-5-10-19(21)23/h1-13,16,28H,14-15,17H2. The molecule has 0 atom stereocenters. The van der Waals surface area contributed by atoms with Gasteiger partial charge in [0.05, 0.1) is 11.3 Å². The number of benzene rings is 3. The Morgan fingerprint density at radius 1 is 0.939 bits per heavy atom. The first-order valence-electron chi connectivity index (χ1n) is 10.6. The molecule has 0 spiro atoms. The molecule has 0 saturated carbocycles. The van der Waals surface area contributed by atoms with Gasteiger partial charge in [-0.1, -0.05) is 72.4 Å². The van der Waals surface area contributed by atoms with Crippen LogP contribution in [0.5, 0.6) is 0 Å². The minimum atomic E-state index is -0.350. The Labute approximate surface area is 194 Å². The molecule has 7 heteroatoms. The number of ketones is 1. The van der Waals surface area contributed by atoms with Gasteiger partial charge in [0.2, 0.25) is 0 Å². The Hall–Kier alpha value is -3.71. The first-order chi connectivity index (χ1) is 16.2. The lowest BCUT2D eigenvalue weighted by Crippen LogP contribution is -2.08. The summed E-state index contributed by atoms with van der Waals surface area (Å²) in [6.45, 7) is 0.574. The second kappa shape index (κ2) is 9.42. The van der Waals surface area contributed by atoms with Gasteiger partial charge in [0, 0.05) is 29.2 Å². The molecule has 0 amide bonds. The number of halogens is 1. The van der Waals surface area contributed by atoms with Crippen LogP contribution in [-0.4, -0.2) is 31.3 Å². The number of aromatic amines is 1. The SMILES string of the molecule is O=C(CSc1nnc(-c2ccccc2F)n1CCc1ccccc1)c1c[nH]c2ccccc12. The normalized spacial score (nSPS) is 11.2. The number of hydrogen-bond acceptors (Lipinski definition) is 4. The molecule has 164 valence electrons. The van der Waals surface area contributed by atoms with Crippen molar-refractivity contribution in [2.75, 3.05) is 5.75 Å². The first-order valence-corrected chi connectivity index (χ1v) is 11.6. The number of carbonyl (C=O) groups excluding carboxylic acids is 1. The van der Waals surface area contributed by atoms with Crippen LogP contribution in [0.2, 0.25) is 0 Å². The van der Waals surface area contributed by atoms with Crippen LogP contribution >= 0.6 is 11.8 Å². The molecule has 3 aromatic carbocycles.